The molecule has 2 aromatic heterocycles. The van der Waals surface area contributed by atoms with E-state index in [2.05, 4.69) is 42.1 Å². The van der Waals surface area contributed by atoms with Crippen LogP contribution in [0.3, 0.4) is 0 Å². The van der Waals surface area contributed by atoms with Crippen molar-refractivity contribution < 1.29 is 0 Å². The Hall–Kier alpha value is -2.53. The van der Waals surface area contributed by atoms with E-state index >= 15 is 0 Å². The molecule has 0 unspecified atom stereocenters. The lowest BCUT2D eigenvalue weighted by Crippen LogP contribution is -1.87. The maximum Gasteiger partial charge on any atom is 0.138 e. The van der Waals surface area contributed by atoms with Crippen molar-refractivity contribution in [2.24, 2.45) is 0 Å². The van der Waals surface area contributed by atoms with Crippen molar-refractivity contribution in [2.45, 2.75) is 6.92 Å². The molecule has 18 heavy (non-hydrogen) atoms. The zero-order chi connectivity index (χ0) is 12.5. The summed E-state index contributed by atoms with van der Waals surface area (Å²) in [5.74, 6) is 2.73. The predicted octanol–water partition coefficient (Wildman–Crippen LogP) is 3.29. The van der Waals surface area contributed by atoms with Gasteiger partial charge in [-0.15, -0.1) is 6.42 Å². The van der Waals surface area contributed by atoms with Gasteiger partial charge in [0.2, 0.25) is 0 Å². The van der Waals surface area contributed by atoms with Gasteiger partial charge in [-0.3, -0.25) is 4.40 Å². The van der Waals surface area contributed by atoms with Crippen LogP contribution in [-0.4, -0.2) is 9.38 Å². The monoisotopic (exact) mass is 232 g/mol. The first kappa shape index (κ1) is 10.6. The smallest absolute Gasteiger partial charge is 0.138 e. The standard InChI is InChI=1S/C16H12N2/c1-3-14-16(13-9-7-12(2)8-10-13)17-15-6-4-5-11-18(14)15/h1,4-11H,2H3. The molecule has 0 saturated carbocycles. The number of aryl methyl sites for hydroxylation is 1. The molecule has 0 bridgehead atoms. The Bertz CT molecular complexity index is 743. The van der Waals surface area contributed by atoms with Gasteiger partial charge in [0.15, 0.2) is 0 Å². The van der Waals surface area contributed by atoms with E-state index in [0.717, 1.165) is 22.6 Å². The van der Waals surface area contributed by atoms with Gasteiger partial charge in [-0.2, -0.15) is 0 Å². The van der Waals surface area contributed by atoms with Crippen LogP contribution in [0.2, 0.25) is 0 Å². The maximum absolute atomic E-state index is 5.62. The average Bonchev–Trinajstić information content (AvgIpc) is 2.78. The molecule has 2 nitrogen and oxygen atoms in total. The minimum Gasteiger partial charge on any atom is -0.292 e. The van der Waals surface area contributed by atoms with Crippen LogP contribution in [0.25, 0.3) is 16.9 Å². The van der Waals surface area contributed by atoms with E-state index in [4.69, 9.17) is 6.42 Å². The zero-order valence-electron chi connectivity index (χ0n) is 10.1. The largest absolute Gasteiger partial charge is 0.292 e. The van der Waals surface area contributed by atoms with Crippen LogP contribution in [0.15, 0.2) is 48.7 Å². The second-order valence-electron chi connectivity index (χ2n) is 4.25. The summed E-state index contributed by atoms with van der Waals surface area (Å²) in [5.41, 5.74) is 4.82. The van der Waals surface area contributed by atoms with Gasteiger partial charge in [0.25, 0.3) is 0 Å². The number of hydrogen-bond acceptors (Lipinski definition) is 1. The van der Waals surface area contributed by atoms with Gasteiger partial charge in [-0.05, 0) is 25.0 Å². The quantitative estimate of drug-likeness (QED) is 0.588. The number of benzene rings is 1. The lowest BCUT2D eigenvalue weighted by Gasteiger charge is -1.99. The third-order valence-electron chi connectivity index (χ3n) is 2.99. The summed E-state index contributed by atoms with van der Waals surface area (Å²) >= 11 is 0. The summed E-state index contributed by atoms with van der Waals surface area (Å²) < 4.78 is 1.94. The van der Waals surface area contributed by atoms with Crippen molar-refractivity contribution in [1.29, 1.82) is 0 Å². The van der Waals surface area contributed by atoms with Gasteiger partial charge in [0.05, 0.1) is 0 Å². The number of nitrogens with zero attached hydrogens (tertiary/aromatic N) is 2. The van der Waals surface area contributed by atoms with Gasteiger partial charge in [-0.1, -0.05) is 35.9 Å². The molecular formula is C16H12N2. The molecule has 0 aliphatic heterocycles. The molecule has 3 rings (SSSR count). The van der Waals surface area contributed by atoms with Crippen molar-refractivity contribution >= 4 is 5.65 Å². The lowest BCUT2D eigenvalue weighted by molar-refractivity contribution is 1.16. The van der Waals surface area contributed by atoms with Gasteiger partial charge in [0, 0.05) is 11.8 Å². The molecule has 3 aromatic rings. The number of hydrogen-bond donors (Lipinski definition) is 0. The lowest BCUT2D eigenvalue weighted by atomic mass is 10.1. The van der Waals surface area contributed by atoms with Crippen LogP contribution < -0.4 is 0 Å². The number of fused-ring (bicyclic) bond motifs is 1. The molecule has 0 N–H and O–H groups in total. The number of rotatable bonds is 1. The maximum atomic E-state index is 5.62. The van der Waals surface area contributed by atoms with Crippen molar-refractivity contribution in [2.75, 3.05) is 0 Å². The van der Waals surface area contributed by atoms with Gasteiger partial charge in [-0.25, -0.2) is 4.98 Å². The summed E-state index contributed by atoms with van der Waals surface area (Å²) in [5, 5.41) is 0. The van der Waals surface area contributed by atoms with Crippen molar-refractivity contribution in [3.05, 3.63) is 59.9 Å². The minimum atomic E-state index is 0.800. The molecule has 0 amide bonds. The Balaban J connectivity index is 2.29. The molecule has 0 aliphatic carbocycles. The Morgan fingerprint density at radius 1 is 1.11 bits per heavy atom. The van der Waals surface area contributed by atoms with E-state index in [9.17, 15) is 0 Å². The topological polar surface area (TPSA) is 17.3 Å². The number of pyridine rings is 1. The molecule has 0 saturated heterocycles. The fourth-order valence-electron chi connectivity index (χ4n) is 2.05. The molecule has 1 aromatic carbocycles. The van der Waals surface area contributed by atoms with E-state index in [-0.39, 0.29) is 0 Å². The van der Waals surface area contributed by atoms with Crippen molar-refractivity contribution in [1.82, 2.24) is 9.38 Å². The highest BCUT2D eigenvalue weighted by molar-refractivity contribution is 5.70. The summed E-state index contributed by atoms with van der Waals surface area (Å²) in [4.78, 5) is 4.60. The Labute approximate surface area is 106 Å². The first-order chi connectivity index (χ1) is 8.79. The van der Waals surface area contributed by atoms with E-state index in [0.29, 0.717) is 0 Å². The molecule has 2 heterocycles. The van der Waals surface area contributed by atoms with Crippen molar-refractivity contribution in [3.8, 4) is 23.6 Å². The highest BCUT2D eigenvalue weighted by Gasteiger charge is 2.11. The highest BCUT2D eigenvalue weighted by atomic mass is 15.0. The fourth-order valence-corrected chi connectivity index (χ4v) is 2.05. The molecule has 0 spiro atoms. The summed E-state index contributed by atoms with van der Waals surface area (Å²) in [6, 6.07) is 14.1. The van der Waals surface area contributed by atoms with Crippen LogP contribution in [0.5, 0.6) is 0 Å². The number of imidazole rings is 1. The van der Waals surface area contributed by atoms with E-state index in [1.807, 2.05) is 28.8 Å². The molecule has 2 heteroatoms. The first-order valence-corrected chi connectivity index (χ1v) is 5.80. The summed E-state index contributed by atoms with van der Waals surface area (Å²) in [6.07, 6.45) is 7.56. The average molecular weight is 232 g/mol. The van der Waals surface area contributed by atoms with Gasteiger partial charge >= 0.3 is 0 Å². The number of terminal acetylenes is 1. The van der Waals surface area contributed by atoms with E-state index in [1.54, 1.807) is 0 Å². The van der Waals surface area contributed by atoms with E-state index in [1.165, 1.54) is 5.56 Å². The van der Waals surface area contributed by atoms with Gasteiger partial charge in [0.1, 0.15) is 17.0 Å². The second kappa shape index (κ2) is 4.05. The normalized spacial score (nSPS) is 10.4. The SMILES string of the molecule is C#Cc1c(-c2ccc(C)cc2)nc2ccccn12. The fraction of sp³-hybridized carbons (Fsp3) is 0.0625. The van der Waals surface area contributed by atoms with Gasteiger partial charge < -0.3 is 0 Å². The molecule has 0 atom stereocenters. The Morgan fingerprint density at radius 3 is 2.61 bits per heavy atom. The van der Waals surface area contributed by atoms with Crippen LogP contribution in [-0.2, 0) is 0 Å². The second-order valence-corrected chi connectivity index (χ2v) is 4.25. The number of aromatic nitrogens is 2. The zero-order valence-corrected chi connectivity index (χ0v) is 10.1. The van der Waals surface area contributed by atoms with Crippen LogP contribution in [0.4, 0.5) is 0 Å². The summed E-state index contributed by atoms with van der Waals surface area (Å²) in [7, 11) is 0. The predicted molar refractivity (Wildman–Crippen MR) is 73.3 cm³/mol. The highest BCUT2D eigenvalue weighted by Crippen LogP contribution is 2.24. The molecule has 86 valence electrons. The third kappa shape index (κ3) is 1.57. The molecule has 0 radical (unpaired) electrons. The molecular weight excluding hydrogens is 220 g/mol. The first-order valence-electron chi connectivity index (χ1n) is 5.80. The molecule has 0 aliphatic rings. The Morgan fingerprint density at radius 2 is 1.89 bits per heavy atom. The molecule has 0 fully saturated rings. The van der Waals surface area contributed by atoms with E-state index < -0.39 is 0 Å². The summed E-state index contributed by atoms with van der Waals surface area (Å²) in [6.45, 7) is 2.07. The minimum absolute atomic E-state index is 0.800. The van der Waals surface area contributed by atoms with Crippen LogP contribution >= 0.6 is 0 Å². The Kier molecular flexibility index (Phi) is 2.39. The van der Waals surface area contributed by atoms with Crippen molar-refractivity contribution in [3.63, 3.8) is 0 Å². The van der Waals surface area contributed by atoms with Crippen LogP contribution in [0, 0.1) is 19.3 Å². The van der Waals surface area contributed by atoms with Crippen LogP contribution in [0.1, 0.15) is 11.3 Å². The third-order valence-corrected chi connectivity index (χ3v) is 2.99.